The van der Waals surface area contributed by atoms with Gasteiger partial charge in [0.25, 0.3) is 5.78 Å². The second kappa shape index (κ2) is 11.0. The fourth-order valence-electron chi connectivity index (χ4n) is 5.01. The summed E-state index contributed by atoms with van der Waals surface area (Å²) < 4.78 is 69.8. The fraction of sp³-hybridized carbons (Fsp3) is 0.370. The van der Waals surface area contributed by atoms with Gasteiger partial charge in [-0.2, -0.15) is 13.2 Å². The van der Waals surface area contributed by atoms with E-state index in [0.717, 1.165) is 49.3 Å². The Morgan fingerprint density at radius 3 is 2.40 bits per heavy atom. The number of ketones is 1. The minimum Gasteiger partial charge on any atom is -0.305 e. The van der Waals surface area contributed by atoms with E-state index >= 15 is 0 Å². The highest BCUT2D eigenvalue weighted by atomic mass is 32.2. The lowest BCUT2D eigenvalue weighted by Gasteiger charge is -2.30. The quantitative estimate of drug-likeness (QED) is 0.190. The van der Waals surface area contributed by atoms with Gasteiger partial charge in [0.1, 0.15) is 22.2 Å². The number of aromatic nitrogens is 3. The molecule has 4 heterocycles. The van der Waals surface area contributed by atoms with Crippen molar-refractivity contribution in [2.45, 2.75) is 38.3 Å². The Kier molecular flexibility index (Phi) is 7.81. The Hall–Kier alpha value is -3.16. The first kappa shape index (κ1) is 28.4. The zero-order valence-electron chi connectivity index (χ0n) is 22.0. The summed E-state index contributed by atoms with van der Waals surface area (Å²) in [6.45, 7) is 3.39. The molecule has 0 spiro atoms. The number of rotatable bonds is 7. The number of piperidine rings is 1. The normalized spacial score (nSPS) is 16.0. The number of alkyl halides is 3. The molecule has 0 amide bonds. The summed E-state index contributed by atoms with van der Waals surface area (Å²) in [5.41, 5.74) is 2.54. The predicted molar refractivity (Wildman–Crippen MR) is 148 cm³/mol. The Bertz CT molecular complexity index is 1570. The minimum atomic E-state index is -5.09. The first-order valence-corrected chi connectivity index (χ1v) is 15.0. The van der Waals surface area contributed by atoms with E-state index in [9.17, 15) is 26.6 Å². The van der Waals surface area contributed by atoms with E-state index < -0.39 is 33.6 Å². The van der Waals surface area contributed by atoms with Crippen molar-refractivity contribution in [3.8, 4) is 11.3 Å². The maximum atomic E-state index is 13.5. The summed E-state index contributed by atoms with van der Waals surface area (Å²) in [7, 11) is 0.674. The van der Waals surface area contributed by atoms with Gasteiger partial charge in [-0.1, -0.05) is 24.3 Å². The van der Waals surface area contributed by atoms with Gasteiger partial charge in [-0.3, -0.25) is 9.20 Å². The van der Waals surface area contributed by atoms with Crippen molar-refractivity contribution in [1.82, 2.24) is 18.7 Å². The number of Topliss-reactive ketones (excluding diaryl/α,β-unsaturated/α-hetero) is 1. The van der Waals surface area contributed by atoms with Crippen molar-refractivity contribution < 1.29 is 26.6 Å². The molecule has 0 bridgehead atoms. The third-order valence-corrected chi connectivity index (χ3v) is 9.33. The second-order valence-electron chi connectivity index (χ2n) is 9.62. The number of hydrogen-bond donors (Lipinski definition) is 0. The van der Waals surface area contributed by atoms with Crippen molar-refractivity contribution in [3.63, 3.8) is 0 Å². The van der Waals surface area contributed by atoms with Crippen molar-refractivity contribution in [2.24, 2.45) is 0 Å². The summed E-state index contributed by atoms with van der Waals surface area (Å²) in [4.78, 5) is 22.6. The molecule has 1 aromatic carbocycles. The highest BCUT2D eigenvalue weighted by Crippen LogP contribution is 2.40. The predicted octanol–water partition coefficient (Wildman–Crippen LogP) is 6.15. The summed E-state index contributed by atoms with van der Waals surface area (Å²) in [6.07, 6.45) is 0.836. The van der Waals surface area contributed by atoms with Crippen LogP contribution in [0.15, 0.2) is 42.6 Å². The highest BCUT2D eigenvalue weighted by Gasteiger charge is 2.42. The van der Waals surface area contributed by atoms with Crippen LogP contribution in [0.5, 0.6) is 0 Å². The first-order valence-electron chi connectivity index (χ1n) is 12.7. The molecule has 1 aliphatic heterocycles. The SMILES string of the molecule is CCc1nc2ccc(C3CCN(S(C)=O)CC3)cn2c1N(C)c1nc(-c2ccc(F)cc2)c(C(=O)C(F)(F)F)s1. The molecular weight excluding hydrogens is 566 g/mol. The van der Waals surface area contributed by atoms with E-state index in [1.165, 1.54) is 12.1 Å². The molecule has 212 valence electrons. The van der Waals surface area contributed by atoms with E-state index in [4.69, 9.17) is 4.98 Å². The first-order chi connectivity index (χ1) is 19.0. The number of pyridine rings is 1. The average molecular weight is 594 g/mol. The Labute approximate surface area is 235 Å². The maximum Gasteiger partial charge on any atom is 0.455 e. The number of fused-ring (bicyclic) bond motifs is 1. The van der Waals surface area contributed by atoms with Crippen molar-refractivity contribution in [3.05, 3.63) is 64.5 Å². The van der Waals surface area contributed by atoms with E-state index in [1.807, 2.05) is 34.0 Å². The van der Waals surface area contributed by atoms with Crippen LogP contribution >= 0.6 is 11.3 Å². The zero-order chi connectivity index (χ0) is 28.8. The van der Waals surface area contributed by atoms with Crippen LogP contribution in [0.1, 0.15) is 46.6 Å². The van der Waals surface area contributed by atoms with Gasteiger partial charge < -0.3 is 4.90 Å². The van der Waals surface area contributed by atoms with Gasteiger partial charge in [0.15, 0.2) is 5.13 Å². The molecule has 1 fully saturated rings. The van der Waals surface area contributed by atoms with Gasteiger partial charge in [-0.25, -0.2) is 22.9 Å². The van der Waals surface area contributed by atoms with Crippen LogP contribution in [0, 0.1) is 5.82 Å². The van der Waals surface area contributed by atoms with Gasteiger partial charge in [0, 0.05) is 38.2 Å². The largest absolute Gasteiger partial charge is 0.455 e. The Morgan fingerprint density at radius 1 is 1.12 bits per heavy atom. The van der Waals surface area contributed by atoms with Crippen LogP contribution in [-0.4, -0.2) is 61.2 Å². The molecule has 5 rings (SSSR count). The smallest absolute Gasteiger partial charge is 0.305 e. The molecule has 13 heteroatoms. The van der Waals surface area contributed by atoms with E-state index in [-0.39, 0.29) is 22.3 Å². The number of benzene rings is 1. The molecule has 0 aliphatic carbocycles. The van der Waals surface area contributed by atoms with Gasteiger partial charge in [0.05, 0.1) is 22.4 Å². The molecule has 40 heavy (non-hydrogen) atoms. The van der Waals surface area contributed by atoms with Crippen molar-refractivity contribution >= 4 is 44.7 Å². The molecule has 3 aromatic heterocycles. The summed E-state index contributed by atoms with van der Waals surface area (Å²) in [5.74, 6) is -1.66. The highest BCUT2D eigenvalue weighted by molar-refractivity contribution is 7.81. The third-order valence-electron chi connectivity index (χ3n) is 7.11. The number of carbonyl (C=O) groups excluding carboxylic acids is 1. The lowest BCUT2D eigenvalue weighted by atomic mass is 9.91. The van der Waals surface area contributed by atoms with Gasteiger partial charge >= 0.3 is 6.18 Å². The van der Waals surface area contributed by atoms with Gasteiger partial charge in [-0.05, 0) is 61.1 Å². The zero-order valence-corrected chi connectivity index (χ0v) is 23.7. The van der Waals surface area contributed by atoms with Crippen molar-refractivity contribution in [2.75, 3.05) is 31.3 Å². The number of imidazole rings is 1. The van der Waals surface area contributed by atoms with E-state index in [2.05, 4.69) is 4.98 Å². The summed E-state index contributed by atoms with van der Waals surface area (Å²) >= 11 is 0.639. The maximum absolute atomic E-state index is 13.5. The Morgan fingerprint density at radius 2 is 1.80 bits per heavy atom. The van der Waals surface area contributed by atoms with Gasteiger partial charge in [-0.15, -0.1) is 0 Å². The molecule has 0 saturated carbocycles. The molecule has 1 unspecified atom stereocenters. The standard InChI is InChI=1S/C27H27F4N5O2S2/c1-4-20-25(36-15-18(7-10-21(36)32-20)16-11-13-35(14-12-16)40(3)38)34(2)26-33-22(17-5-8-19(28)9-6-17)23(39-26)24(37)27(29,30)31/h5-10,15-16H,4,11-14H2,1-3H3. The lowest BCUT2D eigenvalue weighted by molar-refractivity contribution is -0.0882. The molecule has 1 atom stereocenters. The number of halogens is 4. The molecule has 4 aromatic rings. The minimum absolute atomic E-state index is 0.151. The van der Waals surface area contributed by atoms with E-state index in [0.29, 0.717) is 29.2 Å². The molecule has 1 aliphatic rings. The number of thiazole rings is 1. The molecule has 7 nitrogen and oxygen atoms in total. The van der Waals surface area contributed by atoms with Crippen LogP contribution in [0.3, 0.4) is 0 Å². The van der Waals surface area contributed by atoms with Crippen LogP contribution in [-0.2, 0) is 17.4 Å². The number of anilines is 2. The van der Waals surface area contributed by atoms with E-state index in [1.54, 1.807) is 18.2 Å². The van der Waals surface area contributed by atoms with Gasteiger partial charge in [0.2, 0.25) is 0 Å². The number of nitrogens with zero attached hydrogens (tertiary/aromatic N) is 5. The average Bonchev–Trinajstić information content (AvgIpc) is 3.54. The van der Waals surface area contributed by atoms with Crippen LogP contribution < -0.4 is 4.90 Å². The van der Waals surface area contributed by atoms with Crippen LogP contribution in [0.4, 0.5) is 28.5 Å². The molecule has 0 radical (unpaired) electrons. The lowest BCUT2D eigenvalue weighted by Crippen LogP contribution is -2.33. The van der Waals surface area contributed by atoms with Crippen molar-refractivity contribution in [1.29, 1.82) is 0 Å². The van der Waals surface area contributed by atoms with Crippen LogP contribution in [0.25, 0.3) is 16.9 Å². The summed E-state index contributed by atoms with van der Waals surface area (Å²) in [6, 6.07) is 8.79. The number of hydrogen-bond acceptors (Lipinski definition) is 6. The third kappa shape index (κ3) is 5.41. The van der Waals surface area contributed by atoms with Crippen LogP contribution in [0.2, 0.25) is 0 Å². The second-order valence-corrected chi connectivity index (χ2v) is 12.0. The Balaban J connectivity index is 1.57. The molecular formula is C27H27F4N5O2S2. The topological polar surface area (TPSA) is 70.8 Å². The summed E-state index contributed by atoms with van der Waals surface area (Å²) in [5, 5.41) is 0.174. The molecule has 1 saturated heterocycles. The monoisotopic (exact) mass is 593 g/mol. The number of carbonyl (C=O) groups is 1. The fourth-order valence-corrected chi connectivity index (χ4v) is 6.74. The molecule has 0 N–H and O–H groups in total. The number of aryl methyl sites for hydroxylation is 1.